The summed E-state index contributed by atoms with van der Waals surface area (Å²) in [7, 11) is 0. The molecule has 0 aromatic carbocycles. The van der Waals surface area contributed by atoms with Crippen LogP contribution in [0.4, 0.5) is 0 Å². The van der Waals surface area contributed by atoms with Crippen molar-refractivity contribution in [3.63, 3.8) is 0 Å². The number of imidazole rings is 1. The van der Waals surface area contributed by atoms with E-state index < -0.39 is 0 Å². The molecule has 0 saturated heterocycles. The van der Waals surface area contributed by atoms with Crippen LogP contribution in [0.25, 0.3) is 5.65 Å². The predicted molar refractivity (Wildman–Crippen MR) is 65.9 cm³/mol. The Morgan fingerprint density at radius 2 is 2.00 bits per heavy atom. The van der Waals surface area contributed by atoms with E-state index in [-0.39, 0.29) is 6.29 Å². The summed E-state index contributed by atoms with van der Waals surface area (Å²) in [6.45, 7) is 7.13. The third kappa shape index (κ3) is 2.48. The molecule has 0 radical (unpaired) electrons. The topological polar surface area (TPSA) is 35.8 Å². The second-order valence-corrected chi connectivity index (χ2v) is 3.82. The van der Waals surface area contributed by atoms with Crippen molar-refractivity contribution in [2.24, 2.45) is 0 Å². The number of pyridine rings is 1. The fraction of sp³-hybridized carbons (Fsp3) is 0.462. The van der Waals surface area contributed by atoms with E-state index in [1.165, 1.54) is 0 Å². The minimum atomic E-state index is -0.338. The van der Waals surface area contributed by atoms with E-state index >= 15 is 0 Å². The van der Waals surface area contributed by atoms with Gasteiger partial charge < -0.3 is 13.9 Å². The second kappa shape index (κ2) is 5.29. The van der Waals surface area contributed by atoms with Gasteiger partial charge in [-0.3, -0.25) is 0 Å². The van der Waals surface area contributed by atoms with Crippen molar-refractivity contribution >= 4 is 5.65 Å². The molecule has 0 aliphatic carbocycles. The lowest BCUT2D eigenvalue weighted by molar-refractivity contribution is -0.139. The first-order valence-electron chi connectivity index (χ1n) is 5.93. The van der Waals surface area contributed by atoms with E-state index in [1.807, 2.05) is 49.7 Å². The molecule has 0 unspecified atom stereocenters. The average molecular weight is 234 g/mol. The van der Waals surface area contributed by atoms with Crippen molar-refractivity contribution in [3.05, 3.63) is 35.8 Å². The van der Waals surface area contributed by atoms with Gasteiger partial charge in [0.15, 0.2) is 6.29 Å². The van der Waals surface area contributed by atoms with Crippen LogP contribution in [0.2, 0.25) is 0 Å². The number of hydrogen-bond donors (Lipinski definition) is 0. The molecule has 0 bridgehead atoms. The molecular weight excluding hydrogens is 216 g/mol. The molecule has 0 atom stereocenters. The summed E-state index contributed by atoms with van der Waals surface area (Å²) in [6.07, 6.45) is 3.64. The van der Waals surface area contributed by atoms with Gasteiger partial charge in [0.25, 0.3) is 0 Å². The zero-order valence-corrected chi connectivity index (χ0v) is 10.5. The highest BCUT2D eigenvalue weighted by Crippen LogP contribution is 2.23. The Kier molecular flexibility index (Phi) is 3.76. The van der Waals surface area contributed by atoms with E-state index in [0.717, 1.165) is 16.9 Å². The number of aromatic nitrogens is 2. The molecule has 0 aliphatic heterocycles. The number of nitrogens with zero attached hydrogens (tertiary/aromatic N) is 2. The number of aryl methyl sites for hydroxylation is 1. The standard InChI is InChI=1S/C13H18N2O2/c1-4-16-13(17-5-2)11-7-6-8-15-9-10(3)14-12(11)15/h6-9,13H,4-5H2,1-3H3. The first-order chi connectivity index (χ1) is 8.26. The van der Waals surface area contributed by atoms with Crippen molar-refractivity contribution in [1.82, 2.24) is 9.38 Å². The first kappa shape index (κ1) is 12.1. The van der Waals surface area contributed by atoms with Crippen LogP contribution in [0.3, 0.4) is 0 Å². The van der Waals surface area contributed by atoms with Gasteiger partial charge in [0.1, 0.15) is 5.65 Å². The van der Waals surface area contributed by atoms with Crippen molar-refractivity contribution in [2.75, 3.05) is 13.2 Å². The van der Waals surface area contributed by atoms with Crippen molar-refractivity contribution in [2.45, 2.75) is 27.1 Å². The molecule has 0 fully saturated rings. The first-order valence-corrected chi connectivity index (χ1v) is 5.93. The van der Waals surface area contributed by atoms with Crippen LogP contribution in [-0.4, -0.2) is 22.6 Å². The van der Waals surface area contributed by atoms with E-state index in [2.05, 4.69) is 4.98 Å². The highest BCUT2D eigenvalue weighted by molar-refractivity contribution is 5.49. The third-order valence-corrected chi connectivity index (χ3v) is 2.52. The summed E-state index contributed by atoms with van der Waals surface area (Å²) in [4.78, 5) is 4.50. The van der Waals surface area contributed by atoms with Gasteiger partial charge in [-0.25, -0.2) is 4.98 Å². The van der Waals surface area contributed by atoms with E-state index in [9.17, 15) is 0 Å². The quantitative estimate of drug-likeness (QED) is 0.746. The molecule has 0 spiro atoms. The lowest BCUT2D eigenvalue weighted by atomic mass is 10.2. The summed E-state index contributed by atoms with van der Waals surface area (Å²) < 4.78 is 13.2. The lowest BCUT2D eigenvalue weighted by Crippen LogP contribution is -2.10. The van der Waals surface area contributed by atoms with Crippen LogP contribution >= 0.6 is 0 Å². The van der Waals surface area contributed by atoms with Crippen LogP contribution < -0.4 is 0 Å². The summed E-state index contributed by atoms with van der Waals surface area (Å²) in [6, 6.07) is 3.98. The largest absolute Gasteiger partial charge is 0.349 e. The number of rotatable bonds is 5. The van der Waals surface area contributed by atoms with Crippen LogP contribution in [-0.2, 0) is 9.47 Å². The molecule has 17 heavy (non-hydrogen) atoms. The molecule has 0 aliphatic rings. The van der Waals surface area contributed by atoms with Gasteiger partial charge in [-0.2, -0.15) is 0 Å². The van der Waals surface area contributed by atoms with Crippen molar-refractivity contribution < 1.29 is 9.47 Å². The number of fused-ring (bicyclic) bond motifs is 1. The van der Waals surface area contributed by atoms with Gasteiger partial charge in [0.2, 0.25) is 0 Å². The molecule has 2 aromatic rings. The van der Waals surface area contributed by atoms with Gasteiger partial charge in [-0.1, -0.05) is 0 Å². The van der Waals surface area contributed by atoms with Crippen molar-refractivity contribution in [1.29, 1.82) is 0 Å². The smallest absolute Gasteiger partial charge is 0.187 e. The normalized spacial score (nSPS) is 11.5. The molecule has 92 valence electrons. The third-order valence-electron chi connectivity index (χ3n) is 2.52. The molecular formula is C13H18N2O2. The summed E-state index contributed by atoms with van der Waals surface area (Å²) in [5.41, 5.74) is 2.87. The minimum absolute atomic E-state index is 0.338. The van der Waals surface area contributed by atoms with E-state index in [4.69, 9.17) is 9.47 Å². The zero-order valence-electron chi connectivity index (χ0n) is 10.5. The monoisotopic (exact) mass is 234 g/mol. The Bertz CT molecular complexity index is 487. The fourth-order valence-electron chi connectivity index (χ4n) is 1.87. The van der Waals surface area contributed by atoms with Crippen LogP contribution in [0.1, 0.15) is 31.4 Å². The predicted octanol–water partition coefficient (Wildman–Crippen LogP) is 2.71. The summed E-state index contributed by atoms with van der Waals surface area (Å²) in [5, 5.41) is 0. The van der Waals surface area contributed by atoms with E-state index in [0.29, 0.717) is 13.2 Å². The summed E-state index contributed by atoms with van der Waals surface area (Å²) in [5.74, 6) is 0. The average Bonchev–Trinajstić information content (AvgIpc) is 2.68. The van der Waals surface area contributed by atoms with Gasteiger partial charge >= 0.3 is 0 Å². The van der Waals surface area contributed by atoms with E-state index in [1.54, 1.807) is 0 Å². The Hall–Kier alpha value is -1.39. The van der Waals surface area contributed by atoms with Gasteiger partial charge in [0, 0.05) is 25.6 Å². The molecule has 0 saturated carbocycles. The number of ether oxygens (including phenoxy) is 2. The summed E-state index contributed by atoms with van der Waals surface area (Å²) >= 11 is 0. The highest BCUT2D eigenvalue weighted by Gasteiger charge is 2.16. The maximum Gasteiger partial charge on any atom is 0.187 e. The minimum Gasteiger partial charge on any atom is -0.349 e. The molecule has 2 heterocycles. The molecule has 2 rings (SSSR count). The Morgan fingerprint density at radius 3 is 2.65 bits per heavy atom. The maximum absolute atomic E-state index is 5.61. The van der Waals surface area contributed by atoms with Crippen molar-refractivity contribution in [3.8, 4) is 0 Å². The molecule has 0 amide bonds. The van der Waals surface area contributed by atoms with Crippen LogP contribution in [0.5, 0.6) is 0 Å². The zero-order chi connectivity index (χ0) is 12.3. The Balaban J connectivity index is 2.44. The van der Waals surface area contributed by atoms with Crippen LogP contribution in [0, 0.1) is 6.92 Å². The molecule has 0 N–H and O–H groups in total. The van der Waals surface area contributed by atoms with Gasteiger partial charge in [-0.15, -0.1) is 0 Å². The number of hydrogen-bond acceptors (Lipinski definition) is 3. The van der Waals surface area contributed by atoms with Gasteiger partial charge in [0.05, 0.1) is 11.3 Å². The van der Waals surface area contributed by atoms with Gasteiger partial charge in [-0.05, 0) is 32.9 Å². The molecule has 4 nitrogen and oxygen atoms in total. The fourth-order valence-corrected chi connectivity index (χ4v) is 1.87. The highest BCUT2D eigenvalue weighted by atomic mass is 16.7. The molecule has 2 aromatic heterocycles. The Morgan fingerprint density at radius 1 is 1.29 bits per heavy atom. The van der Waals surface area contributed by atoms with Crippen LogP contribution in [0.15, 0.2) is 24.5 Å². The maximum atomic E-state index is 5.61. The Labute approximate surface area is 101 Å². The molecule has 4 heteroatoms. The second-order valence-electron chi connectivity index (χ2n) is 3.82. The SMILES string of the molecule is CCOC(OCC)c1cccn2cc(C)nc12. The lowest BCUT2D eigenvalue weighted by Gasteiger charge is -2.17.